The van der Waals surface area contributed by atoms with Gasteiger partial charge in [-0.15, -0.1) is 0 Å². The van der Waals surface area contributed by atoms with Crippen molar-refractivity contribution in [2.45, 2.75) is 36.7 Å². The third-order valence-corrected chi connectivity index (χ3v) is 3.72. The molecule has 0 N–H and O–H groups in total. The SMILES string of the molecule is COC(=O)[C@H]1[C@H]([C@@H](C)Br)ON2CCC[C@H]12. The van der Waals surface area contributed by atoms with Gasteiger partial charge in [0.1, 0.15) is 12.0 Å². The molecular formula is C10H16BrNO3. The Morgan fingerprint density at radius 3 is 3.00 bits per heavy atom. The molecule has 2 aliphatic rings. The van der Waals surface area contributed by atoms with Crippen LogP contribution in [0.25, 0.3) is 0 Å². The Morgan fingerprint density at radius 2 is 2.40 bits per heavy atom. The highest BCUT2D eigenvalue weighted by Crippen LogP contribution is 2.38. The van der Waals surface area contributed by atoms with E-state index in [4.69, 9.17) is 9.57 Å². The Kier molecular flexibility index (Phi) is 3.33. The standard InChI is InChI=1S/C10H16BrNO3/c1-6(11)9-8(10(13)14-2)7-4-3-5-12(7)15-9/h6-9H,3-5H2,1-2H3/t6-,7-,8-,9+/m1/s1. The molecule has 0 unspecified atom stereocenters. The van der Waals surface area contributed by atoms with Crippen LogP contribution in [-0.4, -0.2) is 41.7 Å². The molecule has 0 aromatic heterocycles. The topological polar surface area (TPSA) is 38.8 Å². The van der Waals surface area contributed by atoms with Crippen molar-refractivity contribution in [3.63, 3.8) is 0 Å². The van der Waals surface area contributed by atoms with E-state index in [1.165, 1.54) is 7.11 Å². The van der Waals surface area contributed by atoms with E-state index in [0.717, 1.165) is 19.4 Å². The van der Waals surface area contributed by atoms with E-state index in [9.17, 15) is 4.79 Å². The van der Waals surface area contributed by atoms with Crippen LogP contribution < -0.4 is 0 Å². The molecule has 2 aliphatic heterocycles. The lowest BCUT2D eigenvalue weighted by molar-refractivity contribution is -0.153. The highest BCUT2D eigenvalue weighted by atomic mass is 79.9. The van der Waals surface area contributed by atoms with Crippen LogP contribution in [0.5, 0.6) is 0 Å². The van der Waals surface area contributed by atoms with Crippen LogP contribution in [-0.2, 0) is 14.4 Å². The molecule has 0 aromatic carbocycles. The van der Waals surface area contributed by atoms with Gasteiger partial charge in [0, 0.05) is 11.4 Å². The predicted octanol–water partition coefficient (Wildman–Crippen LogP) is 1.34. The van der Waals surface area contributed by atoms with E-state index in [1.54, 1.807) is 0 Å². The summed E-state index contributed by atoms with van der Waals surface area (Å²) >= 11 is 3.49. The first kappa shape index (κ1) is 11.4. The van der Waals surface area contributed by atoms with Gasteiger partial charge in [-0.3, -0.25) is 9.63 Å². The van der Waals surface area contributed by atoms with Crippen LogP contribution in [0.15, 0.2) is 0 Å². The number of methoxy groups -OCH3 is 1. The van der Waals surface area contributed by atoms with E-state index >= 15 is 0 Å². The van der Waals surface area contributed by atoms with Gasteiger partial charge >= 0.3 is 5.97 Å². The monoisotopic (exact) mass is 277 g/mol. The lowest BCUT2D eigenvalue weighted by Gasteiger charge is -2.19. The van der Waals surface area contributed by atoms with Gasteiger partial charge < -0.3 is 4.74 Å². The van der Waals surface area contributed by atoms with Gasteiger partial charge in [-0.05, 0) is 12.8 Å². The van der Waals surface area contributed by atoms with Gasteiger partial charge in [-0.25, -0.2) is 0 Å². The van der Waals surface area contributed by atoms with E-state index in [2.05, 4.69) is 15.9 Å². The fourth-order valence-electron chi connectivity index (χ4n) is 2.49. The smallest absolute Gasteiger partial charge is 0.313 e. The number of carbonyl (C=O) groups is 1. The Labute approximate surface area is 98.0 Å². The van der Waals surface area contributed by atoms with Gasteiger partial charge in [0.15, 0.2) is 0 Å². The van der Waals surface area contributed by atoms with Gasteiger partial charge in [-0.1, -0.05) is 22.9 Å². The molecule has 2 heterocycles. The summed E-state index contributed by atoms with van der Waals surface area (Å²) in [5, 5.41) is 1.95. The summed E-state index contributed by atoms with van der Waals surface area (Å²) in [6.45, 7) is 2.93. The number of nitrogens with zero attached hydrogens (tertiary/aromatic N) is 1. The molecule has 0 spiro atoms. The first-order chi connectivity index (χ1) is 7.15. The highest BCUT2D eigenvalue weighted by molar-refractivity contribution is 9.09. The minimum absolute atomic E-state index is 0.0947. The maximum atomic E-state index is 11.7. The minimum atomic E-state index is -0.152. The van der Waals surface area contributed by atoms with Crippen molar-refractivity contribution in [2.24, 2.45) is 5.92 Å². The molecular weight excluding hydrogens is 262 g/mol. The molecule has 0 aromatic rings. The van der Waals surface area contributed by atoms with Crippen LogP contribution in [0.2, 0.25) is 0 Å². The lowest BCUT2D eigenvalue weighted by atomic mass is 9.92. The second-order valence-electron chi connectivity index (χ2n) is 4.15. The summed E-state index contributed by atoms with van der Waals surface area (Å²) in [5.74, 6) is -0.299. The summed E-state index contributed by atoms with van der Waals surface area (Å²) < 4.78 is 4.86. The van der Waals surface area contributed by atoms with Crippen molar-refractivity contribution in [2.75, 3.05) is 13.7 Å². The molecule has 2 saturated heterocycles. The molecule has 2 rings (SSSR count). The third kappa shape index (κ3) is 1.92. The fraction of sp³-hybridized carbons (Fsp3) is 0.900. The summed E-state index contributed by atoms with van der Waals surface area (Å²) in [6, 6.07) is 0.211. The molecule has 86 valence electrons. The number of ether oxygens (including phenoxy) is 1. The number of esters is 1. The summed E-state index contributed by atoms with van der Waals surface area (Å²) in [4.78, 5) is 17.6. The van der Waals surface area contributed by atoms with Crippen molar-refractivity contribution in [3.05, 3.63) is 0 Å². The summed E-state index contributed by atoms with van der Waals surface area (Å²) in [6.07, 6.45) is 2.03. The normalized spacial score (nSPS) is 37.7. The second kappa shape index (κ2) is 4.39. The maximum Gasteiger partial charge on any atom is 0.313 e. The Bertz CT molecular complexity index is 259. The second-order valence-corrected chi connectivity index (χ2v) is 5.59. The van der Waals surface area contributed by atoms with Gasteiger partial charge in [0.05, 0.1) is 13.2 Å². The highest BCUT2D eigenvalue weighted by Gasteiger charge is 2.51. The molecule has 0 amide bonds. The van der Waals surface area contributed by atoms with Crippen molar-refractivity contribution in [1.29, 1.82) is 0 Å². The number of carbonyl (C=O) groups excluding carboxylic acids is 1. The average molecular weight is 278 g/mol. The average Bonchev–Trinajstić information content (AvgIpc) is 2.74. The number of alkyl halides is 1. The minimum Gasteiger partial charge on any atom is -0.469 e. The first-order valence-corrected chi connectivity index (χ1v) is 6.22. The molecule has 4 nitrogen and oxygen atoms in total. The molecule has 5 heteroatoms. The number of hydrogen-bond donors (Lipinski definition) is 0. The van der Waals surface area contributed by atoms with E-state index < -0.39 is 0 Å². The van der Waals surface area contributed by atoms with Crippen LogP contribution >= 0.6 is 15.9 Å². The molecule has 0 aliphatic carbocycles. The van der Waals surface area contributed by atoms with Crippen LogP contribution in [0.1, 0.15) is 19.8 Å². The fourth-order valence-corrected chi connectivity index (χ4v) is 2.92. The predicted molar refractivity (Wildman–Crippen MR) is 58.5 cm³/mol. The van der Waals surface area contributed by atoms with Gasteiger partial charge in [0.25, 0.3) is 0 Å². The molecule has 4 atom stereocenters. The van der Waals surface area contributed by atoms with Crippen molar-refractivity contribution in [3.8, 4) is 0 Å². The van der Waals surface area contributed by atoms with E-state index in [-0.39, 0.29) is 28.9 Å². The van der Waals surface area contributed by atoms with Crippen LogP contribution in [0.3, 0.4) is 0 Å². The van der Waals surface area contributed by atoms with Crippen LogP contribution in [0.4, 0.5) is 0 Å². The lowest BCUT2D eigenvalue weighted by Crippen LogP contribution is -2.36. The molecule has 0 radical (unpaired) electrons. The van der Waals surface area contributed by atoms with Gasteiger partial charge in [-0.2, -0.15) is 5.06 Å². The number of hydroxylamine groups is 2. The van der Waals surface area contributed by atoms with E-state index in [0.29, 0.717) is 0 Å². The quantitative estimate of drug-likeness (QED) is 0.564. The van der Waals surface area contributed by atoms with Crippen molar-refractivity contribution >= 4 is 21.9 Å². The summed E-state index contributed by atoms with van der Waals surface area (Å²) in [5.41, 5.74) is 0. The molecule has 2 fully saturated rings. The third-order valence-electron chi connectivity index (χ3n) is 3.20. The van der Waals surface area contributed by atoms with Crippen molar-refractivity contribution < 1.29 is 14.4 Å². The van der Waals surface area contributed by atoms with Crippen molar-refractivity contribution in [1.82, 2.24) is 5.06 Å². The van der Waals surface area contributed by atoms with E-state index in [1.807, 2.05) is 12.0 Å². The zero-order chi connectivity index (χ0) is 11.0. The van der Waals surface area contributed by atoms with Crippen LogP contribution in [0, 0.1) is 5.92 Å². The molecule has 15 heavy (non-hydrogen) atoms. The Morgan fingerprint density at radius 1 is 1.67 bits per heavy atom. The summed E-state index contributed by atoms with van der Waals surface area (Å²) in [7, 11) is 1.44. The zero-order valence-corrected chi connectivity index (χ0v) is 10.6. The molecule has 0 saturated carbocycles. The number of halogens is 1. The Balaban J connectivity index is 2.17. The maximum absolute atomic E-state index is 11.7. The number of rotatable bonds is 2. The molecule has 0 bridgehead atoms. The van der Waals surface area contributed by atoms with Gasteiger partial charge in [0.2, 0.25) is 0 Å². The first-order valence-electron chi connectivity index (χ1n) is 5.30. The zero-order valence-electron chi connectivity index (χ0n) is 8.98. The Hall–Kier alpha value is -0.130. The number of fused-ring (bicyclic) bond motifs is 1. The number of hydrogen-bond acceptors (Lipinski definition) is 4. The largest absolute Gasteiger partial charge is 0.469 e.